The number of piperazine rings is 1. The average Bonchev–Trinajstić information content (AvgIpc) is 3.26. The molecule has 0 bridgehead atoms. The fourth-order valence-electron chi connectivity index (χ4n) is 3.67. The van der Waals surface area contributed by atoms with Crippen LogP contribution in [0.25, 0.3) is 0 Å². The lowest BCUT2D eigenvalue weighted by atomic mass is 9.87. The first-order valence-corrected chi connectivity index (χ1v) is 8.56. The number of halogens is 1. The minimum atomic E-state index is 0.235. The van der Waals surface area contributed by atoms with Gasteiger partial charge in [-0.05, 0) is 56.2 Å². The van der Waals surface area contributed by atoms with Gasteiger partial charge in [0.2, 0.25) is 0 Å². The number of rotatable bonds is 3. The van der Waals surface area contributed by atoms with E-state index in [-0.39, 0.29) is 5.54 Å². The minimum Gasteiger partial charge on any atom is -0.364 e. The molecule has 2 fully saturated rings. The molecule has 2 aliphatic rings. The van der Waals surface area contributed by atoms with Gasteiger partial charge < -0.3 is 10.2 Å². The summed E-state index contributed by atoms with van der Waals surface area (Å²) in [5.74, 6) is 1.44. The zero-order valence-corrected chi connectivity index (χ0v) is 14.4. The number of hydrogen-bond donors (Lipinski definition) is 1. The molecule has 1 saturated carbocycles. The van der Waals surface area contributed by atoms with Crippen LogP contribution in [0, 0.1) is 18.8 Å². The maximum atomic E-state index is 6.53. The number of benzene rings is 1. The van der Waals surface area contributed by atoms with Gasteiger partial charge in [0.1, 0.15) is 0 Å². The van der Waals surface area contributed by atoms with E-state index in [0.29, 0.717) is 12.0 Å². The van der Waals surface area contributed by atoms with Crippen molar-refractivity contribution < 1.29 is 0 Å². The van der Waals surface area contributed by atoms with Gasteiger partial charge >= 0.3 is 0 Å². The summed E-state index contributed by atoms with van der Waals surface area (Å²) in [6, 6.07) is 6.89. The van der Waals surface area contributed by atoms with Crippen molar-refractivity contribution >= 4 is 17.3 Å². The summed E-state index contributed by atoms with van der Waals surface area (Å²) in [5, 5.41) is 4.72. The first kappa shape index (κ1) is 15.2. The normalized spacial score (nSPS) is 30.0. The molecule has 2 unspecified atom stereocenters. The second kappa shape index (κ2) is 5.48. The van der Waals surface area contributed by atoms with E-state index < -0.39 is 0 Å². The second-order valence-electron chi connectivity index (χ2n) is 7.47. The Kier molecular flexibility index (Phi) is 3.96. The fraction of sp³-hybridized carbons (Fsp3) is 0.667. The van der Waals surface area contributed by atoms with Crippen LogP contribution in [-0.4, -0.2) is 24.7 Å². The Hall–Kier alpha value is -0.730. The van der Waals surface area contributed by atoms with Gasteiger partial charge in [0.05, 0.1) is 10.7 Å². The van der Waals surface area contributed by atoms with Crippen LogP contribution in [0.2, 0.25) is 5.02 Å². The third-order valence-electron chi connectivity index (χ3n) is 5.27. The van der Waals surface area contributed by atoms with Crippen molar-refractivity contribution in [2.45, 2.75) is 52.1 Å². The van der Waals surface area contributed by atoms with Crippen molar-refractivity contribution in [2.75, 3.05) is 18.0 Å². The number of anilines is 1. The van der Waals surface area contributed by atoms with Crippen molar-refractivity contribution in [1.82, 2.24) is 5.32 Å². The maximum Gasteiger partial charge on any atom is 0.0639 e. The molecule has 3 heteroatoms. The predicted octanol–water partition coefficient (Wildman–Crippen LogP) is 4.25. The monoisotopic (exact) mass is 306 g/mol. The summed E-state index contributed by atoms with van der Waals surface area (Å²) >= 11 is 6.53. The molecule has 1 aromatic rings. The van der Waals surface area contributed by atoms with E-state index in [0.717, 1.165) is 24.0 Å². The Morgan fingerprint density at radius 3 is 2.67 bits per heavy atom. The zero-order chi connectivity index (χ0) is 15.2. The van der Waals surface area contributed by atoms with Crippen LogP contribution in [0.5, 0.6) is 0 Å². The summed E-state index contributed by atoms with van der Waals surface area (Å²) in [4.78, 5) is 2.56. The van der Waals surface area contributed by atoms with Crippen molar-refractivity contribution in [3.05, 3.63) is 28.8 Å². The van der Waals surface area contributed by atoms with Gasteiger partial charge in [-0.1, -0.05) is 31.5 Å². The van der Waals surface area contributed by atoms with E-state index in [1.54, 1.807) is 0 Å². The fourth-order valence-corrected chi connectivity index (χ4v) is 3.90. The average molecular weight is 307 g/mol. The molecule has 0 amide bonds. The van der Waals surface area contributed by atoms with Crippen molar-refractivity contribution in [3.63, 3.8) is 0 Å². The van der Waals surface area contributed by atoms with Gasteiger partial charge in [-0.3, -0.25) is 0 Å². The molecular formula is C18H27ClN2. The highest BCUT2D eigenvalue weighted by molar-refractivity contribution is 6.33. The molecule has 1 heterocycles. The van der Waals surface area contributed by atoms with Crippen LogP contribution < -0.4 is 10.2 Å². The molecular weight excluding hydrogens is 280 g/mol. The number of hydrogen-bond acceptors (Lipinski definition) is 2. The molecule has 2 nitrogen and oxygen atoms in total. The number of aryl methyl sites for hydroxylation is 1. The molecule has 3 rings (SSSR count). The minimum absolute atomic E-state index is 0.235. The third-order valence-corrected chi connectivity index (χ3v) is 5.59. The molecule has 0 spiro atoms. The van der Waals surface area contributed by atoms with Crippen LogP contribution in [0.1, 0.15) is 39.2 Å². The lowest BCUT2D eigenvalue weighted by molar-refractivity contribution is 0.233. The van der Waals surface area contributed by atoms with E-state index in [1.165, 1.54) is 24.1 Å². The van der Waals surface area contributed by atoms with E-state index in [2.05, 4.69) is 50.0 Å². The molecule has 116 valence electrons. The van der Waals surface area contributed by atoms with Crippen molar-refractivity contribution in [2.24, 2.45) is 11.8 Å². The first-order chi connectivity index (χ1) is 9.90. The van der Waals surface area contributed by atoms with Gasteiger partial charge in [-0.2, -0.15) is 0 Å². The smallest absolute Gasteiger partial charge is 0.0639 e. The molecule has 0 aromatic heterocycles. The van der Waals surface area contributed by atoms with E-state index in [4.69, 9.17) is 11.6 Å². The summed E-state index contributed by atoms with van der Waals surface area (Å²) in [6.07, 6.45) is 2.73. The molecule has 1 aliphatic carbocycles. The topological polar surface area (TPSA) is 15.3 Å². The first-order valence-electron chi connectivity index (χ1n) is 8.18. The van der Waals surface area contributed by atoms with E-state index in [9.17, 15) is 0 Å². The van der Waals surface area contributed by atoms with Crippen LogP contribution in [0.3, 0.4) is 0 Å². The molecule has 21 heavy (non-hydrogen) atoms. The zero-order valence-electron chi connectivity index (χ0n) is 13.6. The Morgan fingerprint density at radius 2 is 2.05 bits per heavy atom. The summed E-state index contributed by atoms with van der Waals surface area (Å²) in [7, 11) is 0. The highest BCUT2D eigenvalue weighted by atomic mass is 35.5. The lowest BCUT2D eigenvalue weighted by Gasteiger charge is -2.49. The van der Waals surface area contributed by atoms with Gasteiger partial charge in [0.25, 0.3) is 0 Å². The van der Waals surface area contributed by atoms with Crippen LogP contribution in [-0.2, 0) is 0 Å². The van der Waals surface area contributed by atoms with Crippen molar-refractivity contribution in [3.8, 4) is 0 Å². The van der Waals surface area contributed by atoms with Crippen molar-refractivity contribution in [1.29, 1.82) is 0 Å². The molecule has 1 aromatic carbocycles. The van der Waals surface area contributed by atoms with Crippen LogP contribution in [0.4, 0.5) is 5.69 Å². The van der Waals surface area contributed by atoms with Gasteiger partial charge in [0.15, 0.2) is 0 Å². The molecule has 1 aliphatic heterocycles. The van der Waals surface area contributed by atoms with E-state index >= 15 is 0 Å². The SMILES string of the molecule is Cc1ccc(Cl)c(N2CC(C)(C3CC3)NCC2C(C)C)c1. The number of nitrogens with zero attached hydrogens (tertiary/aromatic N) is 1. The van der Waals surface area contributed by atoms with E-state index in [1.807, 2.05) is 6.07 Å². The Labute approximate surface area is 133 Å². The summed E-state index contributed by atoms with van der Waals surface area (Å²) < 4.78 is 0. The summed E-state index contributed by atoms with van der Waals surface area (Å²) in [6.45, 7) is 11.3. The van der Waals surface area contributed by atoms with Gasteiger partial charge in [0, 0.05) is 24.7 Å². The Balaban J connectivity index is 1.95. The van der Waals surface area contributed by atoms with Gasteiger partial charge in [-0.25, -0.2) is 0 Å². The maximum absolute atomic E-state index is 6.53. The van der Waals surface area contributed by atoms with Crippen LogP contribution in [0.15, 0.2) is 18.2 Å². The largest absolute Gasteiger partial charge is 0.364 e. The molecule has 0 radical (unpaired) electrons. The highest BCUT2D eigenvalue weighted by Crippen LogP contribution is 2.43. The highest BCUT2D eigenvalue weighted by Gasteiger charge is 2.46. The third kappa shape index (κ3) is 2.93. The molecule has 2 atom stereocenters. The second-order valence-corrected chi connectivity index (χ2v) is 7.87. The standard InChI is InChI=1S/C18H27ClN2/c1-12(2)17-10-20-18(4,14-6-7-14)11-21(17)16-9-13(3)5-8-15(16)19/h5,8-9,12,14,17,20H,6-7,10-11H2,1-4H3. The van der Waals surface area contributed by atoms with Crippen LogP contribution >= 0.6 is 11.6 Å². The Morgan fingerprint density at radius 1 is 1.33 bits per heavy atom. The lowest BCUT2D eigenvalue weighted by Crippen LogP contribution is -2.65. The summed E-state index contributed by atoms with van der Waals surface area (Å²) in [5.41, 5.74) is 2.73. The molecule has 1 N–H and O–H groups in total. The molecule has 1 saturated heterocycles. The predicted molar refractivity (Wildman–Crippen MR) is 91.3 cm³/mol. The quantitative estimate of drug-likeness (QED) is 0.898. The number of nitrogens with one attached hydrogen (secondary N) is 1. The Bertz CT molecular complexity index is 524. The van der Waals surface area contributed by atoms with Gasteiger partial charge in [-0.15, -0.1) is 0 Å².